The van der Waals surface area contributed by atoms with Crippen LogP contribution in [0, 0.1) is 10.5 Å². The average Bonchev–Trinajstić information content (AvgIpc) is 2.64. The molecule has 0 saturated heterocycles. The molecule has 0 aliphatic carbocycles. The van der Waals surface area contributed by atoms with Crippen LogP contribution in [0.4, 0.5) is 5.69 Å². The molecule has 2 aromatic carbocycles. The summed E-state index contributed by atoms with van der Waals surface area (Å²) >= 11 is 2.22. The molecule has 0 unspecified atom stereocenters. The van der Waals surface area contributed by atoms with E-state index in [1.165, 1.54) is 0 Å². The molecule has 136 valence electrons. The van der Waals surface area contributed by atoms with E-state index >= 15 is 0 Å². The molecule has 0 fully saturated rings. The van der Waals surface area contributed by atoms with Crippen molar-refractivity contribution in [3.8, 4) is 0 Å². The predicted octanol–water partition coefficient (Wildman–Crippen LogP) is 4.25. The van der Waals surface area contributed by atoms with E-state index in [1.54, 1.807) is 0 Å². The highest BCUT2D eigenvalue weighted by Crippen LogP contribution is 2.18. The Balaban J connectivity index is 1.84. The molecule has 0 saturated carbocycles. The lowest BCUT2D eigenvalue weighted by Gasteiger charge is -2.09. The second-order valence-corrected chi connectivity index (χ2v) is 7.07. The van der Waals surface area contributed by atoms with Gasteiger partial charge in [0.15, 0.2) is 0 Å². The molecular formula is C20H22IN3O2. The lowest BCUT2D eigenvalue weighted by atomic mass is 10.1. The molecule has 0 aliphatic heterocycles. The smallest absolute Gasteiger partial charge is 0.240 e. The molecule has 26 heavy (non-hydrogen) atoms. The molecule has 2 amide bonds. The zero-order valence-electron chi connectivity index (χ0n) is 14.9. The van der Waals surface area contributed by atoms with Crippen LogP contribution in [0.15, 0.2) is 53.6 Å². The van der Waals surface area contributed by atoms with Crippen LogP contribution in [-0.2, 0) is 9.59 Å². The second kappa shape index (κ2) is 10.1. The number of anilines is 1. The van der Waals surface area contributed by atoms with E-state index in [4.69, 9.17) is 0 Å². The number of nitrogens with zero attached hydrogens (tertiary/aromatic N) is 1. The summed E-state index contributed by atoms with van der Waals surface area (Å²) in [6.45, 7) is 3.92. The molecule has 2 N–H and O–H groups in total. The monoisotopic (exact) mass is 463 g/mol. The van der Waals surface area contributed by atoms with Crippen LogP contribution in [0.2, 0.25) is 0 Å². The maximum atomic E-state index is 12.0. The van der Waals surface area contributed by atoms with Gasteiger partial charge in [-0.05, 0) is 65.3 Å². The van der Waals surface area contributed by atoms with Crippen molar-refractivity contribution in [3.05, 3.63) is 63.2 Å². The summed E-state index contributed by atoms with van der Waals surface area (Å²) in [6.07, 6.45) is 0.904. The molecule has 0 heterocycles. The number of benzene rings is 2. The summed E-state index contributed by atoms with van der Waals surface area (Å²) in [7, 11) is 0. The molecule has 0 aromatic heterocycles. The van der Waals surface area contributed by atoms with Crippen LogP contribution in [-0.4, -0.2) is 17.5 Å². The fourth-order valence-electron chi connectivity index (χ4n) is 2.37. The van der Waals surface area contributed by atoms with E-state index in [0.717, 1.165) is 26.1 Å². The van der Waals surface area contributed by atoms with Crippen molar-refractivity contribution >= 4 is 45.8 Å². The number of nitrogens with one attached hydrogen (secondary N) is 2. The lowest BCUT2D eigenvalue weighted by Crippen LogP contribution is -2.22. The van der Waals surface area contributed by atoms with Crippen LogP contribution in [0.25, 0.3) is 0 Å². The zero-order valence-corrected chi connectivity index (χ0v) is 17.0. The van der Waals surface area contributed by atoms with Crippen LogP contribution in [0.5, 0.6) is 0 Å². The molecule has 0 aliphatic rings. The summed E-state index contributed by atoms with van der Waals surface area (Å²) in [6, 6.07) is 15.5. The fraction of sp³-hybridized carbons (Fsp3) is 0.250. The number of amides is 2. The normalized spacial score (nSPS) is 11.1. The van der Waals surface area contributed by atoms with E-state index in [9.17, 15) is 9.59 Å². The molecule has 2 rings (SSSR count). The Hall–Kier alpha value is -2.22. The molecule has 0 bridgehead atoms. The summed E-state index contributed by atoms with van der Waals surface area (Å²) in [5.41, 5.74) is 6.08. The Morgan fingerprint density at radius 1 is 1.04 bits per heavy atom. The largest absolute Gasteiger partial charge is 0.326 e. The minimum Gasteiger partial charge on any atom is -0.326 e. The number of hydrazone groups is 1. The van der Waals surface area contributed by atoms with Crippen molar-refractivity contribution < 1.29 is 9.59 Å². The first-order valence-corrected chi connectivity index (χ1v) is 9.54. The third-order valence-corrected chi connectivity index (χ3v) is 4.47. The highest BCUT2D eigenvalue weighted by atomic mass is 127. The summed E-state index contributed by atoms with van der Waals surface area (Å²) in [5.74, 6) is -0.464. The maximum Gasteiger partial charge on any atom is 0.240 e. The molecule has 2 aromatic rings. The van der Waals surface area contributed by atoms with Crippen molar-refractivity contribution in [2.24, 2.45) is 5.10 Å². The van der Waals surface area contributed by atoms with Crippen molar-refractivity contribution in [1.29, 1.82) is 0 Å². The number of hydrogen-bond acceptors (Lipinski definition) is 3. The third kappa shape index (κ3) is 6.25. The van der Waals surface area contributed by atoms with Gasteiger partial charge in [0, 0.05) is 22.1 Å². The third-order valence-electron chi connectivity index (χ3n) is 3.80. The van der Waals surface area contributed by atoms with Gasteiger partial charge in [-0.2, -0.15) is 5.10 Å². The van der Waals surface area contributed by atoms with Crippen molar-refractivity contribution in [3.63, 3.8) is 0 Å². The van der Waals surface area contributed by atoms with Crippen LogP contribution in [0.1, 0.15) is 37.3 Å². The van der Waals surface area contributed by atoms with Crippen molar-refractivity contribution in [2.75, 3.05) is 5.32 Å². The van der Waals surface area contributed by atoms with E-state index in [0.29, 0.717) is 6.42 Å². The topological polar surface area (TPSA) is 70.6 Å². The Labute approximate surface area is 167 Å². The average molecular weight is 463 g/mol. The van der Waals surface area contributed by atoms with Crippen LogP contribution in [0.3, 0.4) is 0 Å². The van der Waals surface area contributed by atoms with Crippen molar-refractivity contribution in [2.45, 2.75) is 33.1 Å². The van der Waals surface area contributed by atoms with E-state index in [1.807, 2.05) is 62.4 Å². The standard InChI is InChI=1S/C20H22IN3O2/c1-3-17(15-7-5-4-6-8-15)23-24-20(26)12-11-19(25)22-18-10-9-16(21)13-14(18)2/h4-10,13H,3,11-12H2,1-2H3,(H,22,25)(H,24,26). The lowest BCUT2D eigenvalue weighted by molar-refractivity contribution is -0.124. The second-order valence-electron chi connectivity index (χ2n) is 5.82. The first kappa shape index (κ1) is 20.1. The molecule has 0 radical (unpaired) electrons. The Morgan fingerprint density at radius 2 is 1.73 bits per heavy atom. The first-order chi connectivity index (χ1) is 12.5. The molecule has 5 nitrogen and oxygen atoms in total. The molecule has 6 heteroatoms. The van der Waals surface area contributed by atoms with Gasteiger partial charge >= 0.3 is 0 Å². The summed E-state index contributed by atoms with van der Waals surface area (Å²) in [4.78, 5) is 24.0. The van der Waals surface area contributed by atoms with E-state index in [2.05, 4.69) is 38.4 Å². The highest BCUT2D eigenvalue weighted by Gasteiger charge is 2.09. The summed E-state index contributed by atoms with van der Waals surface area (Å²) in [5, 5.41) is 7.02. The Morgan fingerprint density at radius 3 is 2.38 bits per heavy atom. The maximum absolute atomic E-state index is 12.0. The first-order valence-electron chi connectivity index (χ1n) is 8.46. The SMILES string of the molecule is CCC(=NNC(=O)CCC(=O)Nc1ccc(I)cc1C)c1ccccc1. The minimum absolute atomic E-state index is 0.0878. The van der Waals surface area contributed by atoms with Gasteiger partial charge in [0.2, 0.25) is 11.8 Å². The van der Waals surface area contributed by atoms with E-state index in [-0.39, 0.29) is 24.7 Å². The molecular weight excluding hydrogens is 441 g/mol. The Bertz CT molecular complexity index is 804. The number of aryl methyl sites for hydroxylation is 1. The van der Waals surface area contributed by atoms with Crippen LogP contribution >= 0.6 is 22.6 Å². The quantitative estimate of drug-likeness (QED) is 0.366. The van der Waals surface area contributed by atoms with Gasteiger partial charge in [-0.25, -0.2) is 5.43 Å². The minimum atomic E-state index is -0.277. The van der Waals surface area contributed by atoms with Gasteiger partial charge in [0.25, 0.3) is 0 Å². The number of carbonyl (C=O) groups is 2. The zero-order chi connectivity index (χ0) is 18.9. The predicted molar refractivity (Wildman–Crippen MR) is 113 cm³/mol. The fourth-order valence-corrected chi connectivity index (χ4v) is 3.02. The Kier molecular flexibility index (Phi) is 7.77. The van der Waals surface area contributed by atoms with Crippen molar-refractivity contribution in [1.82, 2.24) is 5.43 Å². The van der Waals surface area contributed by atoms with Crippen LogP contribution < -0.4 is 10.7 Å². The highest BCUT2D eigenvalue weighted by molar-refractivity contribution is 14.1. The number of carbonyl (C=O) groups excluding carboxylic acids is 2. The van der Waals surface area contributed by atoms with Gasteiger partial charge in [0.1, 0.15) is 0 Å². The van der Waals surface area contributed by atoms with Gasteiger partial charge in [-0.1, -0.05) is 37.3 Å². The van der Waals surface area contributed by atoms with E-state index < -0.39 is 0 Å². The molecule has 0 spiro atoms. The molecule has 0 atom stereocenters. The van der Waals surface area contributed by atoms with Gasteiger partial charge in [-0.15, -0.1) is 0 Å². The van der Waals surface area contributed by atoms with Gasteiger partial charge in [-0.3, -0.25) is 9.59 Å². The number of hydrogen-bond donors (Lipinski definition) is 2. The number of rotatable bonds is 7. The summed E-state index contributed by atoms with van der Waals surface area (Å²) < 4.78 is 1.11. The van der Waals surface area contributed by atoms with Gasteiger partial charge in [0.05, 0.1) is 5.71 Å². The number of halogens is 1. The van der Waals surface area contributed by atoms with Gasteiger partial charge < -0.3 is 5.32 Å².